The van der Waals surface area contributed by atoms with Crippen LogP contribution in [-0.4, -0.2) is 36.0 Å². The summed E-state index contributed by atoms with van der Waals surface area (Å²) in [6, 6.07) is 15.9. The Labute approximate surface area is 188 Å². The standard InChI is InChI=1S/C25H29N3O2S/c1-18-9-10-22(25(29)26-16-20-6-3-4-8-23(20)30-2)24(27-18)19-11-13-28(14-12-19)17-21-7-5-15-31-21/h3-10,15,19H,11-14,16-17H2,1-2H3,(H,26,29). The lowest BCUT2D eigenvalue weighted by molar-refractivity contribution is 0.0947. The van der Waals surface area contributed by atoms with Crippen LogP contribution in [0.3, 0.4) is 0 Å². The lowest BCUT2D eigenvalue weighted by Crippen LogP contribution is -2.33. The molecule has 4 rings (SSSR count). The Bertz CT molecular complexity index is 1010. The lowest BCUT2D eigenvalue weighted by atomic mass is 9.89. The highest BCUT2D eigenvalue weighted by molar-refractivity contribution is 7.09. The molecule has 1 aromatic carbocycles. The van der Waals surface area contributed by atoms with Crippen LogP contribution in [0, 0.1) is 6.92 Å². The highest BCUT2D eigenvalue weighted by Gasteiger charge is 2.26. The summed E-state index contributed by atoms with van der Waals surface area (Å²) in [6.45, 7) is 5.49. The maximum atomic E-state index is 13.1. The van der Waals surface area contributed by atoms with E-state index < -0.39 is 0 Å². The number of para-hydroxylation sites is 1. The smallest absolute Gasteiger partial charge is 0.253 e. The monoisotopic (exact) mass is 435 g/mol. The molecule has 3 aromatic rings. The third-order valence-corrected chi connectivity index (χ3v) is 6.74. The van der Waals surface area contributed by atoms with Gasteiger partial charge in [-0.2, -0.15) is 0 Å². The molecule has 0 spiro atoms. The van der Waals surface area contributed by atoms with Gasteiger partial charge in [-0.3, -0.25) is 14.7 Å². The fourth-order valence-electron chi connectivity index (χ4n) is 4.19. The maximum absolute atomic E-state index is 13.1. The molecule has 0 saturated carbocycles. The van der Waals surface area contributed by atoms with Crippen molar-refractivity contribution in [3.8, 4) is 5.75 Å². The van der Waals surface area contributed by atoms with E-state index in [2.05, 4.69) is 27.7 Å². The van der Waals surface area contributed by atoms with Gasteiger partial charge < -0.3 is 10.1 Å². The van der Waals surface area contributed by atoms with Crippen LogP contribution < -0.4 is 10.1 Å². The van der Waals surface area contributed by atoms with Gasteiger partial charge in [-0.1, -0.05) is 24.3 Å². The Kier molecular flexibility index (Phi) is 6.99. The number of pyridine rings is 1. The third kappa shape index (κ3) is 5.32. The Hall–Kier alpha value is -2.70. The number of carbonyl (C=O) groups is 1. The van der Waals surface area contributed by atoms with Gasteiger partial charge in [0.05, 0.1) is 18.4 Å². The molecule has 3 heterocycles. The van der Waals surface area contributed by atoms with Gasteiger partial charge in [0, 0.05) is 35.1 Å². The molecule has 0 bridgehead atoms. The van der Waals surface area contributed by atoms with Crippen molar-refractivity contribution >= 4 is 17.2 Å². The molecule has 162 valence electrons. The molecule has 0 aliphatic carbocycles. The number of benzene rings is 1. The van der Waals surface area contributed by atoms with Gasteiger partial charge >= 0.3 is 0 Å². The zero-order valence-corrected chi connectivity index (χ0v) is 19.0. The SMILES string of the molecule is COc1ccccc1CNC(=O)c1ccc(C)nc1C1CCN(Cc2cccs2)CC1. The number of hydrogen-bond acceptors (Lipinski definition) is 5. The molecule has 6 heteroatoms. The van der Waals surface area contributed by atoms with Crippen LogP contribution in [-0.2, 0) is 13.1 Å². The van der Waals surface area contributed by atoms with Crippen LogP contribution in [0.4, 0.5) is 0 Å². The third-order valence-electron chi connectivity index (χ3n) is 5.87. The summed E-state index contributed by atoms with van der Waals surface area (Å²) in [5, 5.41) is 5.19. The first-order chi connectivity index (χ1) is 15.1. The first-order valence-electron chi connectivity index (χ1n) is 10.8. The van der Waals surface area contributed by atoms with E-state index in [4.69, 9.17) is 9.72 Å². The van der Waals surface area contributed by atoms with Gasteiger partial charge in [-0.05, 0) is 62.5 Å². The predicted molar refractivity (Wildman–Crippen MR) is 125 cm³/mol. The fourth-order valence-corrected chi connectivity index (χ4v) is 4.93. The van der Waals surface area contributed by atoms with E-state index in [1.165, 1.54) is 4.88 Å². The second kappa shape index (κ2) is 10.1. The molecule has 1 aliphatic rings. The minimum atomic E-state index is -0.0746. The van der Waals surface area contributed by atoms with E-state index in [-0.39, 0.29) is 5.91 Å². The topological polar surface area (TPSA) is 54.5 Å². The largest absolute Gasteiger partial charge is 0.496 e. The Morgan fingerprint density at radius 1 is 1.16 bits per heavy atom. The van der Waals surface area contributed by atoms with Gasteiger partial charge in [0.25, 0.3) is 5.91 Å². The summed E-state index contributed by atoms with van der Waals surface area (Å²) in [4.78, 5) is 21.8. The second-order valence-electron chi connectivity index (χ2n) is 8.01. The minimum absolute atomic E-state index is 0.0746. The van der Waals surface area contributed by atoms with Gasteiger partial charge in [-0.25, -0.2) is 0 Å². The van der Waals surface area contributed by atoms with Crippen LogP contribution in [0.25, 0.3) is 0 Å². The highest BCUT2D eigenvalue weighted by atomic mass is 32.1. The van der Waals surface area contributed by atoms with E-state index in [0.29, 0.717) is 18.0 Å². The number of aromatic nitrogens is 1. The summed E-state index contributed by atoms with van der Waals surface area (Å²) in [7, 11) is 1.65. The van der Waals surface area contributed by atoms with Crippen LogP contribution in [0.15, 0.2) is 53.9 Å². The van der Waals surface area contributed by atoms with Gasteiger partial charge in [0.2, 0.25) is 0 Å². The van der Waals surface area contributed by atoms with E-state index in [0.717, 1.165) is 55.2 Å². The normalized spacial score (nSPS) is 15.0. The second-order valence-corrected chi connectivity index (χ2v) is 9.04. The number of thiophene rings is 1. The lowest BCUT2D eigenvalue weighted by Gasteiger charge is -2.32. The van der Waals surface area contributed by atoms with E-state index in [1.54, 1.807) is 7.11 Å². The van der Waals surface area contributed by atoms with E-state index in [9.17, 15) is 4.79 Å². The Morgan fingerprint density at radius 3 is 2.71 bits per heavy atom. The quantitative estimate of drug-likeness (QED) is 0.581. The average molecular weight is 436 g/mol. The highest BCUT2D eigenvalue weighted by Crippen LogP contribution is 2.30. The number of ether oxygens (including phenoxy) is 1. The maximum Gasteiger partial charge on any atom is 0.253 e. The van der Waals surface area contributed by atoms with Crippen LogP contribution >= 0.6 is 11.3 Å². The zero-order chi connectivity index (χ0) is 21.6. The zero-order valence-electron chi connectivity index (χ0n) is 18.1. The molecule has 0 radical (unpaired) electrons. The van der Waals surface area contributed by atoms with Gasteiger partial charge in [0.1, 0.15) is 5.75 Å². The van der Waals surface area contributed by atoms with Crippen LogP contribution in [0.5, 0.6) is 5.75 Å². The molecule has 1 amide bonds. The summed E-state index contributed by atoms with van der Waals surface area (Å²) >= 11 is 1.81. The van der Waals surface area contributed by atoms with Crippen molar-refractivity contribution in [2.45, 2.75) is 38.8 Å². The summed E-state index contributed by atoms with van der Waals surface area (Å²) in [6.07, 6.45) is 2.04. The van der Waals surface area contributed by atoms with Crippen molar-refractivity contribution in [1.82, 2.24) is 15.2 Å². The number of methoxy groups -OCH3 is 1. The first kappa shape index (κ1) is 21.5. The molecule has 0 atom stereocenters. The minimum Gasteiger partial charge on any atom is -0.496 e. The Morgan fingerprint density at radius 2 is 1.97 bits per heavy atom. The van der Waals surface area contributed by atoms with Crippen LogP contribution in [0.2, 0.25) is 0 Å². The number of piperidine rings is 1. The molecular formula is C25H29N3O2S. The van der Waals surface area contributed by atoms with Crippen molar-refractivity contribution in [3.63, 3.8) is 0 Å². The average Bonchev–Trinajstić information content (AvgIpc) is 3.31. The van der Waals surface area contributed by atoms with Crippen molar-refractivity contribution in [3.05, 3.63) is 81.3 Å². The molecule has 5 nitrogen and oxygen atoms in total. The number of nitrogens with zero attached hydrogens (tertiary/aromatic N) is 2. The van der Waals surface area contributed by atoms with Gasteiger partial charge in [-0.15, -0.1) is 11.3 Å². The molecule has 0 unspecified atom stereocenters. The molecule has 2 aromatic heterocycles. The summed E-state index contributed by atoms with van der Waals surface area (Å²) in [5.41, 5.74) is 3.55. The molecular weight excluding hydrogens is 406 g/mol. The van der Waals surface area contributed by atoms with E-state index in [1.807, 2.05) is 54.7 Å². The summed E-state index contributed by atoms with van der Waals surface area (Å²) < 4.78 is 5.40. The van der Waals surface area contributed by atoms with Gasteiger partial charge in [0.15, 0.2) is 0 Å². The number of amides is 1. The predicted octanol–water partition coefficient (Wildman–Crippen LogP) is 4.77. The molecule has 31 heavy (non-hydrogen) atoms. The first-order valence-corrected chi connectivity index (χ1v) is 11.6. The number of aryl methyl sites for hydroxylation is 1. The van der Waals surface area contributed by atoms with Crippen molar-refractivity contribution in [2.24, 2.45) is 0 Å². The number of nitrogens with one attached hydrogen (secondary N) is 1. The number of hydrogen-bond donors (Lipinski definition) is 1. The fraction of sp³-hybridized carbons (Fsp3) is 0.360. The number of rotatable bonds is 7. The van der Waals surface area contributed by atoms with E-state index >= 15 is 0 Å². The number of likely N-dealkylation sites (tertiary alicyclic amines) is 1. The molecule has 1 aliphatic heterocycles. The number of carbonyl (C=O) groups excluding carboxylic acids is 1. The van der Waals surface area contributed by atoms with Crippen molar-refractivity contribution in [1.29, 1.82) is 0 Å². The Balaban J connectivity index is 1.43. The van der Waals surface area contributed by atoms with Crippen molar-refractivity contribution < 1.29 is 9.53 Å². The summed E-state index contributed by atoms with van der Waals surface area (Å²) in [5.74, 6) is 1.02. The van der Waals surface area contributed by atoms with Crippen LogP contribution in [0.1, 0.15) is 50.9 Å². The molecule has 1 fully saturated rings. The van der Waals surface area contributed by atoms with Crippen molar-refractivity contribution in [2.75, 3.05) is 20.2 Å². The molecule has 1 N–H and O–H groups in total. The molecule has 1 saturated heterocycles.